The SMILES string of the molecule is CCCCCCc1ccc(CCC2CCC(CCc3ccc(CCc4ccc(Cl)cc4)cc3)CC2)cc1. The van der Waals surface area contributed by atoms with E-state index >= 15 is 0 Å². The lowest BCUT2D eigenvalue weighted by Gasteiger charge is -2.28. The van der Waals surface area contributed by atoms with Gasteiger partial charge in [0.2, 0.25) is 0 Å². The Hall–Kier alpha value is -2.05. The highest BCUT2D eigenvalue weighted by atomic mass is 35.5. The number of aryl methyl sites for hydroxylation is 5. The van der Waals surface area contributed by atoms with Gasteiger partial charge >= 0.3 is 0 Å². The molecule has 0 unspecified atom stereocenters. The molecule has 1 saturated carbocycles. The molecule has 0 nitrogen and oxygen atoms in total. The fourth-order valence-electron chi connectivity index (χ4n) is 5.99. The molecule has 0 amide bonds. The monoisotopic (exact) mass is 514 g/mol. The third-order valence-electron chi connectivity index (χ3n) is 8.63. The minimum Gasteiger partial charge on any atom is -0.0843 e. The summed E-state index contributed by atoms with van der Waals surface area (Å²) in [5, 5.41) is 0.815. The highest BCUT2D eigenvalue weighted by Gasteiger charge is 2.21. The minimum absolute atomic E-state index is 0.815. The summed E-state index contributed by atoms with van der Waals surface area (Å²) >= 11 is 6.00. The topological polar surface area (TPSA) is 0 Å². The summed E-state index contributed by atoms with van der Waals surface area (Å²) in [7, 11) is 0. The van der Waals surface area contributed by atoms with Crippen LogP contribution in [0.5, 0.6) is 0 Å². The first-order chi connectivity index (χ1) is 18.2. The van der Waals surface area contributed by atoms with E-state index in [2.05, 4.69) is 67.6 Å². The first-order valence-electron chi connectivity index (χ1n) is 15.1. The van der Waals surface area contributed by atoms with E-state index in [0.717, 1.165) is 29.7 Å². The fraction of sp³-hybridized carbons (Fsp3) is 0.500. The Labute approximate surface area is 231 Å². The van der Waals surface area contributed by atoms with E-state index in [9.17, 15) is 0 Å². The van der Waals surface area contributed by atoms with Crippen molar-refractivity contribution in [2.45, 2.75) is 103 Å². The maximum atomic E-state index is 6.00. The Bertz CT molecular complexity index is 1010. The number of hydrogen-bond acceptors (Lipinski definition) is 0. The van der Waals surface area contributed by atoms with Crippen LogP contribution in [0.1, 0.15) is 98.9 Å². The van der Waals surface area contributed by atoms with Gasteiger partial charge in [-0.3, -0.25) is 0 Å². The molecule has 0 saturated heterocycles. The van der Waals surface area contributed by atoms with Gasteiger partial charge in [-0.25, -0.2) is 0 Å². The molecule has 0 N–H and O–H groups in total. The maximum absolute atomic E-state index is 6.00. The smallest absolute Gasteiger partial charge is 0.0406 e. The molecule has 3 aromatic rings. The summed E-state index contributed by atoms with van der Waals surface area (Å²) in [5.74, 6) is 1.86. The van der Waals surface area contributed by atoms with E-state index in [0.29, 0.717) is 0 Å². The lowest BCUT2D eigenvalue weighted by atomic mass is 9.77. The molecule has 37 heavy (non-hydrogen) atoms. The lowest BCUT2D eigenvalue weighted by Crippen LogP contribution is -2.15. The van der Waals surface area contributed by atoms with Crippen LogP contribution < -0.4 is 0 Å². The molecule has 3 aromatic carbocycles. The van der Waals surface area contributed by atoms with Gasteiger partial charge in [0.25, 0.3) is 0 Å². The molecule has 0 aromatic heterocycles. The largest absolute Gasteiger partial charge is 0.0843 e. The van der Waals surface area contributed by atoms with Crippen LogP contribution in [0.4, 0.5) is 0 Å². The van der Waals surface area contributed by atoms with Crippen molar-refractivity contribution in [2.75, 3.05) is 0 Å². The van der Waals surface area contributed by atoms with Gasteiger partial charge in [0.05, 0.1) is 0 Å². The van der Waals surface area contributed by atoms with Crippen LogP contribution >= 0.6 is 11.6 Å². The van der Waals surface area contributed by atoms with Gasteiger partial charge in [-0.2, -0.15) is 0 Å². The van der Waals surface area contributed by atoms with Crippen LogP contribution in [0.2, 0.25) is 5.02 Å². The van der Waals surface area contributed by atoms with Crippen LogP contribution in [0, 0.1) is 11.8 Å². The van der Waals surface area contributed by atoms with Gasteiger partial charge in [-0.1, -0.05) is 124 Å². The molecule has 0 heterocycles. The molecule has 0 bridgehead atoms. The van der Waals surface area contributed by atoms with E-state index in [1.54, 1.807) is 0 Å². The number of benzene rings is 3. The highest BCUT2D eigenvalue weighted by molar-refractivity contribution is 6.30. The maximum Gasteiger partial charge on any atom is 0.0406 e. The lowest BCUT2D eigenvalue weighted by molar-refractivity contribution is 0.253. The van der Waals surface area contributed by atoms with Gasteiger partial charge < -0.3 is 0 Å². The van der Waals surface area contributed by atoms with Crippen molar-refractivity contribution in [3.8, 4) is 0 Å². The zero-order chi connectivity index (χ0) is 25.7. The molecule has 1 aliphatic carbocycles. The Kier molecular flexibility index (Phi) is 11.6. The number of unbranched alkanes of at least 4 members (excludes halogenated alkanes) is 3. The first-order valence-corrected chi connectivity index (χ1v) is 15.5. The van der Waals surface area contributed by atoms with Gasteiger partial charge in [0, 0.05) is 5.02 Å². The second-order valence-electron chi connectivity index (χ2n) is 11.5. The quantitative estimate of drug-likeness (QED) is 0.187. The van der Waals surface area contributed by atoms with Crippen LogP contribution in [-0.2, 0) is 32.1 Å². The second-order valence-corrected chi connectivity index (χ2v) is 12.0. The van der Waals surface area contributed by atoms with Crippen LogP contribution in [0.15, 0.2) is 72.8 Å². The molecule has 0 atom stereocenters. The third kappa shape index (κ3) is 9.97. The number of hydrogen-bond donors (Lipinski definition) is 0. The summed E-state index contributed by atoms with van der Waals surface area (Å²) in [6, 6.07) is 27.2. The summed E-state index contributed by atoms with van der Waals surface area (Å²) in [6.45, 7) is 2.28. The Morgan fingerprint density at radius 2 is 0.865 bits per heavy atom. The van der Waals surface area contributed by atoms with Crippen LogP contribution in [0.3, 0.4) is 0 Å². The van der Waals surface area contributed by atoms with Gasteiger partial charge in [-0.15, -0.1) is 0 Å². The summed E-state index contributed by atoms with van der Waals surface area (Å²) in [4.78, 5) is 0. The molecular formula is C36H47Cl. The van der Waals surface area contributed by atoms with Crippen molar-refractivity contribution in [2.24, 2.45) is 11.8 Å². The molecule has 1 aliphatic rings. The number of rotatable bonds is 14. The Balaban J connectivity index is 1.09. The van der Waals surface area contributed by atoms with Gasteiger partial charge in [0.1, 0.15) is 0 Å². The zero-order valence-corrected chi connectivity index (χ0v) is 23.8. The summed E-state index contributed by atoms with van der Waals surface area (Å²) in [6.07, 6.45) is 19.8. The molecule has 0 radical (unpaired) electrons. The average molecular weight is 515 g/mol. The second kappa shape index (κ2) is 15.4. The third-order valence-corrected chi connectivity index (χ3v) is 8.88. The molecule has 1 heteroatoms. The van der Waals surface area contributed by atoms with Crippen molar-refractivity contribution in [1.29, 1.82) is 0 Å². The Morgan fingerprint density at radius 1 is 0.486 bits per heavy atom. The molecule has 4 rings (SSSR count). The first kappa shape index (κ1) is 28.0. The van der Waals surface area contributed by atoms with Gasteiger partial charge in [0.15, 0.2) is 0 Å². The van der Waals surface area contributed by atoms with Crippen molar-refractivity contribution in [3.63, 3.8) is 0 Å². The van der Waals surface area contributed by atoms with E-state index < -0.39 is 0 Å². The summed E-state index contributed by atoms with van der Waals surface area (Å²) < 4.78 is 0. The average Bonchev–Trinajstić information content (AvgIpc) is 2.94. The van der Waals surface area contributed by atoms with E-state index in [4.69, 9.17) is 11.6 Å². The van der Waals surface area contributed by atoms with Crippen LogP contribution in [0.25, 0.3) is 0 Å². The predicted octanol–water partition coefficient (Wildman–Crippen LogP) is 10.6. The molecule has 0 spiro atoms. The summed E-state index contributed by atoms with van der Waals surface area (Å²) in [5.41, 5.74) is 7.35. The predicted molar refractivity (Wildman–Crippen MR) is 162 cm³/mol. The Morgan fingerprint density at radius 3 is 1.30 bits per heavy atom. The van der Waals surface area contributed by atoms with Crippen molar-refractivity contribution >= 4 is 11.6 Å². The highest BCUT2D eigenvalue weighted by Crippen LogP contribution is 2.34. The van der Waals surface area contributed by atoms with E-state index in [1.165, 1.54) is 111 Å². The van der Waals surface area contributed by atoms with E-state index in [1.807, 2.05) is 12.1 Å². The standard InChI is InChI=1S/C36H47Cl/c1-2-3-4-5-6-29-7-9-30(10-8-29)11-12-31-13-15-32(16-14-31)17-18-33-19-21-34(22-20-33)23-24-35-25-27-36(37)28-26-35/h7-10,19-22,25-28,31-32H,2-6,11-18,23-24H2,1H3. The zero-order valence-electron chi connectivity index (χ0n) is 23.1. The normalized spacial score (nSPS) is 17.7. The van der Waals surface area contributed by atoms with Gasteiger partial charge in [-0.05, 0) is 103 Å². The molecule has 0 aliphatic heterocycles. The van der Waals surface area contributed by atoms with Crippen molar-refractivity contribution in [1.82, 2.24) is 0 Å². The van der Waals surface area contributed by atoms with E-state index in [-0.39, 0.29) is 0 Å². The molecular weight excluding hydrogens is 468 g/mol. The van der Waals surface area contributed by atoms with Crippen LogP contribution in [-0.4, -0.2) is 0 Å². The number of halogens is 1. The van der Waals surface area contributed by atoms with Crippen molar-refractivity contribution < 1.29 is 0 Å². The molecule has 198 valence electrons. The van der Waals surface area contributed by atoms with Crippen molar-refractivity contribution in [3.05, 3.63) is 106 Å². The fourth-order valence-corrected chi connectivity index (χ4v) is 6.12. The molecule has 1 fully saturated rings. The minimum atomic E-state index is 0.815.